The minimum atomic E-state index is -0.976. The number of hydrogen-bond donors (Lipinski definition) is 2. The van der Waals surface area contributed by atoms with Gasteiger partial charge >= 0.3 is 5.97 Å². The molecule has 0 radical (unpaired) electrons. The molecule has 0 saturated carbocycles. The molecule has 1 aromatic rings. The van der Waals surface area contributed by atoms with Crippen LogP contribution in [0.5, 0.6) is 5.75 Å². The molecule has 15 heavy (non-hydrogen) atoms. The number of ether oxygens (including phenoxy) is 1. The number of carbonyl (C=O) groups is 1. The van der Waals surface area contributed by atoms with E-state index in [1.165, 1.54) is 6.07 Å². The molecule has 1 aliphatic rings. The second-order valence-corrected chi connectivity index (χ2v) is 3.27. The van der Waals surface area contributed by atoms with E-state index in [1.54, 1.807) is 6.07 Å². The van der Waals surface area contributed by atoms with E-state index in [0.717, 1.165) is 12.0 Å². The van der Waals surface area contributed by atoms with Crippen molar-refractivity contribution in [2.45, 2.75) is 12.5 Å². The summed E-state index contributed by atoms with van der Waals surface area (Å²) in [5, 5.41) is 8.91. The highest BCUT2D eigenvalue weighted by Gasteiger charge is 2.22. The Morgan fingerprint density at radius 2 is 2.27 bits per heavy atom. The molecule has 1 aliphatic heterocycles. The average Bonchev–Trinajstić information content (AvgIpc) is 2.17. The van der Waals surface area contributed by atoms with Crippen LogP contribution in [0, 0.1) is 0 Å². The standard InChI is InChI=1S/C10H11NO3.ClH/c11-8-4-5-14-9-6(8)2-1-3-7(9)10(12)13;/h1-3,8H,4-5,11H2,(H,12,13);1H. The van der Waals surface area contributed by atoms with Gasteiger partial charge in [-0.05, 0) is 6.07 Å². The van der Waals surface area contributed by atoms with Gasteiger partial charge in [-0.15, -0.1) is 12.4 Å². The smallest absolute Gasteiger partial charge is 0.339 e. The number of halogens is 1. The van der Waals surface area contributed by atoms with Gasteiger partial charge in [-0.25, -0.2) is 4.79 Å². The Balaban J connectivity index is 0.00000112. The molecule has 5 heteroatoms. The molecule has 0 aliphatic carbocycles. The number of para-hydroxylation sites is 1. The molecule has 0 amide bonds. The van der Waals surface area contributed by atoms with Crippen molar-refractivity contribution in [2.24, 2.45) is 5.73 Å². The van der Waals surface area contributed by atoms with Gasteiger partial charge in [0, 0.05) is 18.0 Å². The fraction of sp³-hybridized carbons (Fsp3) is 0.300. The molecule has 1 unspecified atom stereocenters. The average molecular weight is 230 g/mol. The molecule has 4 nitrogen and oxygen atoms in total. The highest BCUT2D eigenvalue weighted by atomic mass is 35.5. The number of carboxylic acids is 1. The van der Waals surface area contributed by atoms with E-state index >= 15 is 0 Å². The third-order valence-corrected chi connectivity index (χ3v) is 2.35. The van der Waals surface area contributed by atoms with Gasteiger partial charge in [-0.2, -0.15) is 0 Å². The van der Waals surface area contributed by atoms with Crippen LogP contribution in [0.2, 0.25) is 0 Å². The van der Waals surface area contributed by atoms with E-state index in [1.807, 2.05) is 6.07 Å². The number of carboxylic acid groups (broad SMARTS) is 1. The summed E-state index contributed by atoms with van der Waals surface area (Å²) in [6, 6.07) is 4.92. The zero-order valence-electron chi connectivity index (χ0n) is 7.97. The number of fused-ring (bicyclic) bond motifs is 1. The zero-order valence-corrected chi connectivity index (χ0v) is 8.79. The first-order valence-corrected chi connectivity index (χ1v) is 4.44. The predicted octanol–water partition coefficient (Wildman–Crippen LogP) is 1.59. The second-order valence-electron chi connectivity index (χ2n) is 3.27. The highest BCUT2D eigenvalue weighted by Crippen LogP contribution is 2.33. The number of aromatic carboxylic acids is 1. The highest BCUT2D eigenvalue weighted by molar-refractivity contribution is 5.91. The van der Waals surface area contributed by atoms with Gasteiger partial charge in [0.1, 0.15) is 11.3 Å². The quantitative estimate of drug-likeness (QED) is 0.767. The van der Waals surface area contributed by atoms with Crippen molar-refractivity contribution >= 4 is 18.4 Å². The molecular weight excluding hydrogens is 218 g/mol. The molecule has 2 rings (SSSR count). The Hall–Kier alpha value is -1.26. The molecule has 0 spiro atoms. The van der Waals surface area contributed by atoms with Gasteiger partial charge < -0.3 is 15.6 Å². The fourth-order valence-electron chi connectivity index (χ4n) is 1.62. The normalized spacial score (nSPS) is 18.3. The maximum atomic E-state index is 10.9. The molecule has 0 aromatic heterocycles. The molecule has 1 atom stereocenters. The van der Waals surface area contributed by atoms with Gasteiger partial charge in [0.2, 0.25) is 0 Å². The van der Waals surface area contributed by atoms with Crippen LogP contribution in [0.4, 0.5) is 0 Å². The van der Waals surface area contributed by atoms with Crippen molar-refractivity contribution in [3.63, 3.8) is 0 Å². The summed E-state index contributed by atoms with van der Waals surface area (Å²) in [5.41, 5.74) is 6.82. The van der Waals surface area contributed by atoms with E-state index in [9.17, 15) is 4.79 Å². The first kappa shape index (κ1) is 11.8. The summed E-state index contributed by atoms with van der Waals surface area (Å²) >= 11 is 0. The maximum Gasteiger partial charge on any atom is 0.339 e. The van der Waals surface area contributed by atoms with Crippen LogP contribution in [0.3, 0.4) is 0 Å². The Morgan fingerprint density at radius 3 is 2.93 bits per heavy atom. The molecule has 1 heterocycles. The van der Waals surface area contributed by atoms with Crippen LogP contribution in [-0.4, -0.2) is 17.7 Å². The van der Waals surface area contributed by atoms with E-state index in [-0.39, 0.29) is 24.0 Å². The van der Waals surface area contributed by atoms with Crippen molar-refractivity contribution in [3.05, 3.63) is 29.3 Å². The third kappa shape index (κ3) is 2.06. The van der Waals surface area contributed by atoms with Gasteiger partial charge in [-0.3, -0.25) is 0 Å². The first-order chi connectivity index (χ1) is 6.70. The van der Waals surface area contributed by atoms with Crippen LogP contribution in [0.15, 0.2) is 18.2 Å². The topological polar surface area (TPSA) is 72.5 Å². The maximum absolute atomic E-state index is 10.9. The van der Waals surface area contributed by atoms with E-state index in [4.69, 9.17) is 15.6 Å². The second kappa shape index (κ2) is 4.51. The predicted molar refractivity (Wildman–Crippen MR) is 57.7 cm³/mol. The van der Waals surface area contributed by atoms with Crippen molar-refractivity contribution in [1.29, 1.82) is 0 Å². The number of benzene rings is 1. The summed E-state index contributed by atoms with van der Waals surface area (Å²) in [5.74, 6) is -0.547. The Morgan fingerprint density at radius 1 is 1.53 bits per heavy atom. The number of nitrogens with two attached hydrogens (primary N) is 1. The largest absolute Gasteiger partial charge is 0.492 e. The summed E-state index contributed by atoms with van der Waals surface area (Å²) in [4.78, 5) is 10.9. The molecular formula is C10H12ClNO3. The molecule has 3 N–H and O–H groups in total. The molecule has 82 valence electrons. The molecule has 0 saturated heterocycles. The monoisotopic (exact) mass is 229 g/mol. The van der Waals surface area contributed by atoms with E-state index in [2.05, 4.69) is 0 Å². The van der Waals surface area contributed by atoms with Gasteiger partial charge in [-0.1, -0.05) is 12.1 Å². The lowest BCUT2D eigenvalue weighted by atomic mass is 9.98. The van der Waals surface area contributed by atoms with E-state index < -0.39 is 5.97 Å². The Bertz CT molecular complexity index is 381. The fourth-order valence-corrected chi connectivity index (χ4v) is 1.62. The van der Waals surface area contributed by atoms with Crippen LogP contribution in [-0.2, 0) is 0 Å². The molecule has 0 fully saturated rings. The Labute approximate surface area is 93.4 Å². The first-order valence-electron chi connectivity index (χ1n) is 4.44. The number of rotatable bonds is 1. The van der Waals surface area contributed by atoms with Gasteiger partial charge in [0.15, 0.2) is 0 Å². The van der Waals surface area contributed by atoms with Crippen molar-refractivity contribution < 1.29 is 14.6 Å². The van der Waals surface area contributed by atoms with Gasteiger partial charge in [0.25, 0.3) is 0 Å². The van der Waals surface area contributed by atoms with Crippen LogP contribution in [0.25, 0.3) is 0 Å². The molecule has 0 bridgehead atoms. The summed E-state index contributed by atoms with van der Waals surface area (Å²) in [7, 11) is 0. The minimum absolute atomic E-state index is 0. The van der Waals surface area contributed by atoms with Crippen molar-refractivity contribution in [2.75, 3.05) is 6.61 Å². The lowest BCUT2D eigenvalue weighted by Crippen LogP contribution is -2.22. The SMILES string of the molecule is Cl.NC1CCOc2c(C(=O)O)cccc21. The van der Waals surface area contributed by atoms with E-state index in [0.29, 0.717) is 12.4 Å². The van der Waals surface area contributed by atoms with Gasteiger partial charge in [0.05, 0.1) is 6.61 Å². The summed E-state index contributed by atoms with van der Waals surface area (Å²) in [6.07, 6.45) is 0.732. The van der Waals surface area contributed by atoms with Crippen LogP contribution < -0.4 is 10.5 Å². The Kier molecular flexibility index (Phi) is 3.55. The lowest BCUT2D eigenvalue weighted by Gasteiger charge is -2.23. The summed E-state index contributed by atoms with van der Waals surface area (Å²) < 4.78 is 5.33. The van der Waals surface area contributed by atoms with Crippen LogP contribution in [0.1, 0.15) is 28.4 Å². The zero-order chi connectivity index (χ0) is 10.1. The third-order valence-electron chi connectivity index (χ3n) is 2.35. The molecule has 1 aromatic carbocycles. The minimum Gasteiger partial charge on any atom is -0.492 e. The lowest BCUT2D eigenvalue weighted by molar-refractivity contribution is 0.0691. The van der Waals surface area contributed by atoms with Crippen molar-refractivity contribution in [3.8, 4) is 5.75 Å². The van der Waals surface area contributed by atoms with Crippen molar-refractivity contribution in [1.82, 2.24) is 0 Å². The van der Waals surface area contributed by atoms with Crippen LogP contribution >= 0.6 is 12.4 Å². The number of hydrogen-bond acceptors (Lipinski definition) is 3. The summed E-state index contributed by atoms with van der Waals surface area (Å²) in [6.45, 7) is 0.485.